The first-order valence-corrected chi connectivity index (χ1v) is 10.4. The fourth-order valence-electron chi connectivity index (χ4n) is 3.20. The molecule has 130 valence electrons. The van der Waals surface area contributed by atoms with Gasteiger partial charge in [-0.1, -0.05) is 30.3 Å². The Hall–Kier alpha value is -2.03. The summed E-state index contributed by atoms with van der Waals surface area (Å²) in [6.07, 6.45) is 0.905. The van der Waals surface area contributed by atoms with E-state index in [2.05, 4.69) is 4.98 Å². The van der Waals surface area contributed by atoms with Crippen molar-refractivity contribution in [2.24, 2.45) is 0 Å². The lowest BCUT2D eigenvalue weighted by molar-refractivity contribution is 0.0874. The molecule has 0 saturated carbocycles. The van der Waals surface area contributed by atoms with Crippen LogP contribution in [0.3, 0.4) is 0 Å². The van der Waals surface area contributed by atoms with Crippen LogP contribution in [0.4, 0.5) is 0 Å². The minimum atomic E-state index is -3.22. The number of hydrogen-bond acceptors (Lipinski definition) is 6. The fourth-order valence-corrected chi connectivity index (χ4v) is 6.08. The molecule has 3 heterocycles. The van der Waals surface area contributed by atoms with Crippen molar-refractivity contribution in [2.75, 3.05) is 18.6 Å². The summed E-state index contributed by atoms with van der Waals surface area (Å²) < 4.78 is 30.6. The van der Waals surface area contributed by atoms with Crippen LogP contribution in [0.15, 0.2) is 47.5 Å². The van der Waals surface area contributed by atoms with Crippen molar-refractivity contribution in [1.29, 1.82) is 0 Å². The lowest BCUT2D eigenvalue weighted by Crippen LogP contribution is -2.32. The molecule has 0 bridgehead atoms. The second-order valence-electron chi connectivity index (χ2n) is 6.07. The monoisotopic (exact) mass is 376 g/mol. The third-order valence-corrected chi connectivity index (χ3v) is 7.25. The Morgan fingerprint density at radius 2 is 2.00 bits per heavy atom. The molecule has 3 aromatic rings. The fraction of sp³-hybridized carbons (Fsp3) is 0.294. The van der Waals surface area contributed by atoms with Crippen molar-refractivity contribution >= 4 is 31.4 Å². The highest BCUT2D eigenvalue weighted by Crippen LogP contribution is 2.31. The molecule has 0 spiro atoms. The molecule has 0 unspecified atom stereocenters. The van der Waals surface area contributed by atoms with Gasteiger partial charge in [-0.3, -0.25) is 9.36 Å². The van der Waals surface area contributed by atoms with Crippen LogP contribution in [0.2, 0.25) is 0 Å². The highest BCUT2D eigenvalue weighted by atomic mass is 32.2. The van der Waals surface area contributed by atoms with E-state index in [4.69, 9.17) is 4.74 Å². The Morgan fingerprint density at radius 3 is 2.72 bits per heavy atom. The van der Waals surface area contributed by atoms with E-state index >= 15 is 0 Å². The number of hydrogen-bond donors (Lipinski definition) is 0. The Labute approximate surface area is 148 Å². The predicted octanol–water partition coefficient (Wildman–Crippen LogP) is 2.11. The number of aromatic nitrogens is 2. The number of nitrogens with zero attached hydrogens (tertiary/aromatic N) is 2. The Morgan fingerprint density at radius 1 is 1.24 bits per heavy atom. The second-order valence-corrected chi connectivity index (χ2v) is 9.26. The molecular weight excluding hydrogens is 360 g/mol. The molecule has 0 radical (unpaired) electrons. The van der Waals surface area contributed by atoms with Crippen LogP contribution < -0.4 is 5.56 Å². The number of ether oxygens (including phenoxy) is 1. The van der Waals surface area contributed by atoms with Gasteiger partial charge in [0.05, 0.1) is 35.4 Å². The van der Waals surface area contributed by atoms with Crippen molar-refractivity contribution in [3.63, 3.8) is 0 Å². The lowest BCUT2D eigenvalue weighted by Gasteiger charge is -2.18. The number of sulfone groups is 1. The number of methoxy groups -OCH3 is 1. The summed E-state index contributed by atoms with van der Waals surface area (Å²) in [7, 11) is -1.76. The smallest absolute Gasteiger partial charge is 0.262 e. The molecule has 1 aliphatic rings. The molecule has 0 amide bonds. The van der Waals surface area contributed by atoms with E-state index < -0.39 is 22.0 Å². The molecular formula is C17H16N2O4S2. The maximum atomic E-state index is 12.9. The summed E-state index contributed by atoms with van der Waals surface area (Å²) in [6, 6.07) is 11.1. The number of benzene rings is 1. The van der Waals surface area contributed by atoms with E-state index in [1.807, 2.05) is 36.4 Å². The van der Waals surface area contributed by atoms with Crippen molar-refractivity contribution in [3.8, 4) is 10.4 Å². The summed E-state index contributed by atoms with van der Waals surface area (Å²) in [5.74, 6) is -0.175. The van der Waals surface area contributed by atoms with E-state index in [9.17, 15) is 13.2 Å². The van der Waals surface area contributed by atoms with Gasteiger partial charge >= 0.3 is 0 Å². The molecule has 8 heteroatoms. The van der Waals surface area contributed by atoms with E-state index in [-0.39, 0.29) is 17.1 Å². The highest BCUT2D eigenvalue weighted by molar-refractivity contribution is 7.91. The van der Waals surface area contributed by atoms with Gasteiger partial charge in [0.1, 0.15) is 4.83 Å². The molecule has 4 rings (SSSR count). The molecule has 0 N–H and O–H groups in total. The van der Waals surface area contributed by atoms with Crippen LogP contribution in [0, 0.1) is 0 Å². The van der Waals surface area contributed by atoms with Gasteiger partial charge in [-0.05, 0) is 11.6 Å². The summed E-state index contributed by atoms with van der Waals surface area (Å²) in [5, 5.41) is 0.505. The molecule has 1 aromatic carbocycles. The number of rotatable bonds is 3. The van der Waals surface area contributed by atoms with E-state index in [0.717, 1.165) is 10.4 Å². The number of thiophene rings is 1. The summed E-state index contributed by atoms with van der Waals surface area (Å²) >= 11 is 1.45. The molecule has 1 fully saturated rings. The molecule has 1 aliphatic heterocycles. The third-order valence-electron chi connectivity index (χ3n) is 4.47. The van der Waals surface area contributed by atoms with E-state index in [0.29, 0.717) is 10.2 Å². The standard InChI is InChI=1S/C17H16N2O4S2/c1-23-14-9-25(21,22)8-13(14)19-10-18-16-12(17(19)20)7-15(24-16)11-5-3-2-4-6-11/h2-7,10,13-14H,8-9H2,1H3/t13-,14-/m1/s1. The largest absolute Gasteiger partial charge is 0.378 e. The van der Waals surface area contributed by atoms with Crippen LogP contribution in [0.5, 0.6) is 0 Å². The summed E-state index contributed by atoms with van der Waals surface area (Å²) in [6.45, 7) is 0. The second kappa shape index (κ2) is 6.05. The molecule has 0 aliphatic carbocycles. The predicted molar refractivity (Wildman–Crippen MR) is 97.8 cm³/mol. The quantitative estimate of drug-likeness (QED) is 0.700. The first-order valence-electron chi connectivity index (χ1n) is 7.78. The zero-order chi connectivity index (χ0) is 17.6. The maximum absolute atomic E-state index is 12.9. The van der Waals surface area contributed by atoms with Crippen LogP contribution in [-0.2, 0) is 14.6 Å². The van der Waals surface area contributed by atoms with Crippen molar-refractivity contribution in [2.45, 2.75) is 12.1 Å². The van der Waals surface area contributed by atoms with Gasteiger partial charge in [-0.2, -0.15) is 0 Å². The maximum Gasteiger partial charge on any atom is 0.262 e. The third kappa shape index (κ3) is 2.90. The van der Waals surface area contributed by atoms with Crippen LogP contribution in [-0.4, -0.2) is 42.7 Å². The lowest BCUT2D eigenvalue weighted by atomic mass is 10.2. The van der Waals surface area contributed by atoms with Crippen molar-refractivity contribution in [1.82, 2.24) is 9.55 Å². The van der Waals surface area contributed by atoms with Gasteiger partial charge in [0.25, 0.3) is 5.56 Å². The van der Waals surface area contributed by atoms with Gasteiger partial charge in [-0.25, -0.2) is 13.4 Å². The average Bonchev–Trinajstić information content (AvgIpc) is 3.17. The van der Waals surface area contributed by atoms with Gasteiger partial charge in [0.2, 0.25) is 0 Å². The van der Waals surface area contributed by atoms with Crippen molar-refractivity contribution < 1.29 is 13.2 Å². The van der Waals surface area contributed by atoms with Gasteiger partial charge in [-0.15, -0.1) is 11.3 Å². The SMILES string of the molecule is CO[C@@H]1CS(=O)(=O)C[C@H]1n1cnc2sc(-c3ccccc3)cc2c1=O. The first-order chi connectivity index (χ1) is 12.0. The Balaban J connectivity index is 1.82. The zero-order valence-electron chi connectivity index (χ0n) is 13.5. The van der Waals surface area contributed by atoms with Gasteiger partial charge in [0.15, 0.2) is 9.84 Å². The highest BCUT2D eigenvalue weighted by Gasteiger charge is 2.39. The molecule has 2 atom stereocenters. The van der Waals surface area contributed by atoms with Crippen LogP contribution >= 0.6 is 11.3 Å². The Kier molecular flexibility index (Phi) is 3.98. The molecule has 2 aromatic heterocycles. The van der Waals surface area contributed by atoms with E-state index in [1.165, 1.54) is 29.3 Å². The normalized spacial score (nSPS) is 22.4. The molecule has 6 nitrogen and oxygen atoms in total. The zero-order valence-corrected chi connectivity index (χ0v) is 15.1. The molecule has 1 saturated heterocycles. The van der Waals surface area contributed by atoms with Crippen molar-refractivity contribution in [3.05, 3.63) is 53.1 Å². The summed E-state index contributed by atoms with van der Waals surface area (Å²) in [5.41, 5.74) is 0.794. The minimum absolute atomic E-state index is 0.0719. The van der Waals surface area contributed by atoms with Gasteiger partial charge in [0, 0.05) is 12.0 Å². The topological polar surface area (TPSA) is 78.3 Å². The summed E-state index contributed by atoms with van der Waals surface area (Å²) in [4.78, 5) is 18.9. The van der Waals surface area contributed by atoms with Gasteiger partial charge < -0.3 is 4.74 Å². The minimum Gasteiger partial charge on any atom is -0.378 e. The Bertz CT molecular complexity index is 1090. The molecule has 25 heavy (non-hydrogen) atoms. The first kappa shape index (κ1) is 16.4. The average molecular weight is 376 g/mol. The van der Waals surface area contributed by atoms with E-state index in [1.54, 1.807) is 0 Å². The van der Waals surface area contributed by atoms with Crippen LogP contribution in [0.25, 0.3) is 20.7 Å². The van der Waals surface area contributed by atoms with Crippen LogP contribution in [0.1, 0.15) is 6.04 Å². The number of fused-ring (bicyclic) bond motifs is 1.